The van der Waals surface area contributed by atoms with Crippen LogP contribution in [-0.4, -0.2) is 67.1 Å². The predicted octanol–water partition coefficient (Wildman–Crippen LogP) is 2.74. The molecule has 28 heavy (non-hydrogen) atoms. The first kappa shape index (κ1) is 23.5. The lowest BCUT2D eigenvalue weighted by atomic mass is 10.2. The fourth-order valence-corrected chi connectivity index (χ4v) is 4.02. The van der Waals surface area contributed by atoms with Gasteiger partial charge in [-0.2, -0.15) is 4.98 Å². The number of hydrogen-bond acceptors (Lipinski definition) is 6. The highest BCUT2D eigenvalue weighted by molar-refractivity contribution is 14.1. The van der Waals surface area contributed by atoms with Gasteiger partial charge in [-0.3, -0.25) is 4.57 Å². The van der Waals surface area contributed by atoms with Crippen LogP contribution >= 0.6 is 22.6 Å². The molecule has 1 N–H and O–H groups in total. The van der Waals surface area contributed by atoms with Gasteiger partial charge in [0.25, 0.3) is 0 Å². The summed E-state index contributed by atoms with van der Waals surface area (Å²) in [6, 6.07) is 0. The molecule has 1 aliphatic rings. The van der Waals surface area contributed by atoms with Gasteiger partial charge in [-0.25, -0.2) is 9.79 Å². The van der Waals surface area contributed by atoms with Crippen molar-refractivity contribution in [2.24, 2.45) is 4.99 Å². The van der Waals surface area contributed by atoms with Crippen LogP contribution in [0, 0.1) is 3.57 Å². The third-order valence-electron chi connectivity index (χ3n) is 5.23. The summed E-state index contributed by atoms with van der Waals surface area (Å²) in [6.45, 7) is 11.1. The third-order valence-corrected chi connectivity index (χ3v) is 10.5. The Labute approximate surface area is 181 Å². The van der Waals surface area contributed by atoms with E-state index in [1.807, 2.05) is 14.1 Å². The molecule has 8 nitrogen and oxygen atoms in total. The molecule has 1 fully saturated rings. The van der Waals surface area contributed by atoms with E-state index in [1.165, 1.54) is 4.57 Å². The van der Waals surface area contributed by atoms with E-state index in [1.54, 1.807) is 17.4 Å². The number of aliphatic hydroxyl groups is 1. The summed E-state index contributed by atoms with van der Waals surface area (Å²) in [5, 5.41) is 10.5. The van der Waals surface area contributed by atoms with Crippen molar-refractivity contribution in [1.82, 2.24) is 14.5 Å². The van der Waals surface area contributed by atoms with Gasteiger partial charge in [0.1, 0.15) is 12.3 Å². The minimum atomic E-state index is -1.94. The highest BCUT2D eigenvalue weighted by Gasteiger charge is 2.41. The van der Waals surface area contributed by atoms with Crippen molar-refractivity contribution < 1.29 is 14.3 Å². The van der Waals surface area contributed by atoms with E-state index in [0.29, 0.717) is 18.8 Å². The van der Waals surface area contributed by atoms with E-state index in [2.05, 4.69) is 66.4 Å². The number of aliphatic imine (C=N–C) groups is 1. The maximum absolute atomic E-state index is 12.5. The van der Waals surface area contributed by atoms with Crippen molar-refractivity contribution in [2.45, 2.75) is 63.8 Å². The van der Waals surface area contributed by atoms with Crippen LogP contribution in [-0.2, 0) is 9.16 Å². The zero-order valence-electron chi connectivity index (χ0n) is 17.6. The number of nitrogens with zero attached hydrogens (tertiary/aromatic N) is 4. The smallest absolute Gasteiger partial charge is 0.351 e. The Hall–Kier alpha value is -0.823. The van der Waals surface area contributed by atoms with E-state index >= 15 is 0 Å². The molecule has 158 valence electrons. The highest BCUT2D eigenvalue weighted by Crippen LogP contribution is 2.37. The first-order valence-corrected chi connectivity index (χ1v) is 13.3. The number of rotatable bonds is 6. The molecule has 0 saturated carbocycles. The van der Waals surface area contributed by atoms with E-state index in [-0.39, 0.29) is 5.04 Å². The molecule has 0 aliphatic carbocycles. The van der Waals surface area contributed by atoms with Crippen LogP contribution in [0.25, 0.3) is 0 Å². The topological polar surface area (TPSA) is 89.2 Å². The number of aromatic nitrogens is 2. The van der Waals surface area contributed by atoms with Crippen molar-refractivity contribution in [3.8, 4) is 0 Å². The van der Waals surface area contributed by atoms with Gasteiger partial charge in [0.2, 0.25) is 0 Å². The molecule has 2 rings (SSSR count). The minimum absolute atomic E-state index is 0.0792. The van der Waals surface area contributed by atoms with Gasteiger partial charge in [0, 0.05) is 26.7 Å². The Balaban J connectivity index is 2.12. The molecule has 2 heterocycles. The van der Waals surface area contributed by atoms with Gasteiger partial charge >= 0.3 is 5.69 Å². The molecule has 1 aliphatic heterocycles. The van der Waals surface area contributed by atoms with Crippen molar-refractivity contribution >= 4 is 43.1 Å². The van der Waals surface area contributed by atoms with Crippen molar-refractivity contribution in [1.29, 1.82) is 0 Å². The van der Waals surface area contributed by atoms with Crippen LogP contribution in [0.2, 0.25) is 18.1 Å². The standard InChI is InChI=1S/C18H31IN4O4Si/c1-18(2,3)28(6,7)26-10-14-13(24)8-15(27-14)23-9-12(19)16(21-17(23)25)20-11-22(4)5/h9,11,13-15,24H,8,10H2,1-7H3/b20-11+/t13-,14-,15-/m1/s1. The Morgan fingerprint density at radius 1 is 1.50 bits per heavy atom. The first-order valence-electron chi connectivity index (χ1n) is 9.28. The van der Waals surface area contributed by atoms with Gasteiger partial charge in [-0.1, -0.05) is 20.8 Å². The largest absolute Gasteiger partial charge is 0.414 e. The summed E-state index contributed by atoms with van der Waals surface area (Å²) in [4.78, 5) is 22.5. The summed E-state index contributed by atoms with van der Waals surface area (Å²) >= 11 is 2.09. The maximum Gasteiger partial charge on any atom is 0.351 e. The average molecular weight is 522 g/mol. The molecule has 0 amide bonds. The zero-order valence-corrected chi connectivity index (χ0v) is 20.8. The molecule has 0 aromatic carbocycles. The van der Waals surface area contributed by atoms with Crippen LogP contribution in [0.1, 0.15) is 33.4 Å². The van der Waals surface area contributed by atoms with Crippen LogP contribution in [0.5, 0.6) is 0 Å². The molecular weight excluding hydrogens is 491 g/mol. The van der Waals surface area contributed by atoms with Crippen LogP contribution in [0.15, 0.2) is 16.0 Å². The second-order valence-corrected chi connectivity index (χ2v) is 14.8. The Bertz CT molecular complexity index is 776. The SMILES string of the molecule is CN(C)/C=N/c1nc(=O)n([C@H]2C[C@@H](O)[C@@H](CO[Si](C)(C)C(C)(C)C)O2)cc1I. The molecule has 0 radical (unpaired) electrons. The van der Waals surface area contributed by atoms with Crippen molar-refractivity contribution in [3.63, 3.8) is 0 Å². The Morgan fingerprint density at radius 2 is 2.14 bits per heavy atom. The summed E-state index contributed by atoms with van der Waals surface area (Å²) in [7, 11) is 1.75. The third kappa shape index (κ3) is 5.62. The molecule has 10 heteroatoms. The average Bonchev–Trinajstić information content (AvgIpc) is 2.93. The van der Waals surface area contributed by atoms with E-state index in [9.17, 15) is 9.90 Å². The molecule has 0 unspecified atom stereocenters. The maximum atomic E-state index is 12.5. The van der Waals surface area contributed by atoms with Gasteiger partial charge < -0.3 is 19.2 Å². The lowest BCUT2D eigenvalue weighted by Crippen LogP contribution is -2.43. The fourth-order valence-electron chi connectivity index (χ4n) is 2.45. The van der Waals surface area contributed by atoms with Gasteiger partial charge in [0.05, 0.1) is 22.6 Å². The number of hydrogen-bond donors (Lipinski definition) is 1. The molecule has 0 spiro atoms. The molecule has 1 aromatic heterocycles. The number of ether oxygens (including phenoxy) is 1. The summed E-state index contributed by atoms with van der Waals surface area (Å²) in [5.74, 6) is 0.368. The highest BCUT2D eigenvalue weighted by atomic mass is 127. The first-order chi connectivity index (χ1) is 12.8. The zero-order chi connectivity index (χ0) is 21.3. The normalized spacial score (nSPS) is 23.5. The van der Waals surface area contributed by atoms with Gasteiger partial charge in [-0.05, 0) is 40.7 Å². The Kier molecular flexibility index (Phi) is 7.46. The second-order valence-electron chi connectivity index (χ2n) is 8.81. The lowest BCUT2D eigenvalue weighted by molar-refractivity contribution is -0.0432. The van der Waals surface area contributed by atoms with Crippen molar-refractivity contribution in [2.75, 3.05) is 20.7 Å². The molecule has 1 saturated heterocycles. The summed E-state index contributed by atoms with van der Waals surface area (Å²) in [6.07, 6.45) is 1.87. The van der Waals surface area contributed by atoms with Crippen molar-refractivity contribution in [3.05, 3.63) is 20.3 Å². The number of aliphatic hydroxyl groups excluding tert-OH is 1. The molecular formula is C18H31IN4O4Si. The summed E-state index contributed by atoms with van der Waals surface area (Å²) < 4.78 is 14.3. The fraction of sp³-hybridized carbons (Fsp3) is 0.722. The van der Waals surface area contributed by atoms with Crippen LogP contribution in [0.4, 0.5) is 5.82 Å². The monoisotopic (exact) mass is 522 g/mol. The van der Waals surface area contributed by atoms with E-state index in [0.717, 1.165) is 3.57 Å². The quantitative estimate of drug-likeness (QED) is 0.268. The van der Waals surface area contributed by atoms with Crippen LogP contribution in [0.3, 0.4) is 0 Å². The Morgan fingerprint density at radius 3 is 2.71 bits per heavy atom. The van der Waals surface area contributed by atoms with Crippen LogP contribution < -0.4 is 5.69 Å². The van der Waals surface area contributed by atoms with E-state index in [4.69, 9.17) is 9.16 Å². The predicted molar refractivity (Wildman–Crippen MR) is 121 cm³/mol. The minimum Gasteiger partial charge on any atom is -0.414 e. The molecule has 1 aromatic rings. The second kappa shape index (κ2) is 8.90. The summed E-state index contributed by atoms with van der Waals surface area (Å²) in [5.41, 5.74) is -0.450. The lowest BCUT2D eigenvalue weighted by Gasteiger charge is -2.37. The molecule has 3 atom stereocenters. The molecule has 0 bridgehead atoms. The number of halogens is 1. The van der Waals surface area contributed by atoms with Gasteiger partial charge in [0.15, 0.2) is 14.1 Å². The van der Waals surface area contributed by atoms with Gasteiger partial charge in [-0.15, -0.1) is 0 Å². The van der Waals surface area contributed by atoms with E-state index < -0.39 is 32.4 Å².